The second-order valence-corrected chi connectivity index (χ2v) is 8.41. The van der Waals surface area contributed by atoms with Crippen LogP contribution in [0.1, 0.15) is 41.5 Å². The van der Waals surface area contributed by atoms with Crippen LogP contribution in [-0.4, -0.2) is 53.6 Å². The van der Waals surface area contributed by atoms with Gasteiger partial charge >= 0.3 is 6.18 Å². The molecule has 0 N–H and O–H groups in total. The zero-order valence-corrected chi connectivity index (χ0v) is 13.2. The monoisotopic (exact) mass is 351 g/mol. The molecule has 6 nitrogen and oxygen atoms in total. The van der Waals surface area contributed by atoms with Crippen LogP contribution >= 0.6 is 0 Å². The molecule has 0 spiro atoms. The lowest BCUT2D eigenvalue weighted by molar-refractivity contribution is -0.141. The number of rotatable bonds is 3. The molecule has 1 saturated carbocycles. The quantitative estimate of drug-likeness (QED) is 0.827. The fourth-order valence-electron chi connectivity index (χ4n) is 2.71. The average molecular weight is 351 g/mol. The van der Waals surface area contributed by atoms with Crippen LogP contribution in [0.15, 0.2) is 6.07 Å². The van der Waals surface area contributed by atoms with E-state index in [2.05, 4.69) is 5.10 Å². The number of carbonyl (C=O) groups excluding carboxylic acids is 1. The Labute approximate surface area is 131 Å². The van der Waals surface area contributed by atoms with Gasteiger partial charge in [-0.3, -0.25) is 9.48 Å². The minimum Gasteiger partial charge on any atom is -0.336 e. The summed E-state index contributed by atoms with van der Waals surface area (Å²) in [5.41, 5.74) is -1.21. The van der Waals surface area contributed by atoms with E-state index in [1.807, 2.05) is 0 Å². The molecule has 1 atom stereocenters. The van der Waals surface area contributed by atoms with E-state index in [0.717, 1.165) is 17.0 Å². The minimum absolute atomic E-state index is 0.00879. The Morgan fingerprint density at radius 3 is 2.43 bits per heavy atom. The fourth-order valence-corrected chi connectivity index (χ4v) is 3.70. The Bertz CT molecular complexity index is 737. The van der Waals surface area contributed by atoms with Crippen LogP contribution in [0.4, 0.5) is 13.2 Å². The molecule has 2 aliphatic rings. The highest BCUT2D eigenvalue weighted by atomic mass is 32.2. The summed E-state index contributed by atoms with van der Waals surface area (Å²) in [7, 11) is -3.28. The third kappa shape index (κ3) is 3.22. The van der Waals surface area contributed by atoms with Crippen molar-refractivity contribution in [3.8, 4) is 0 Å². The summed E-state index contributed by atoms with van der Waals surface area (Å²) in [4.78, 5) is 13.8. The zero-order valence-electron chi connectivity index (χ0n) is 12.4. The van der Waals surface area contributed by atoms with Gasteiger partial charge in [0.1, 0.15) is 5.69 Å². The van der Waals surface area contributed by atoms with Crippen LogP contribution in [0, 0.1) is 0 Å². The lowest BCUT2D eigenvalue weighted by Gasteiger charge is -2.16. The number of aromatic nitrogens is 2. The van der Waals surface area contributed by atoms with E-state index < -0.39 is 32.9 Å². The molecule has 0 aromatic carbocycles. The molecule has 1 aliphatic heterocycles. The molecule has 1 aromatic heterocycles. The number of carbonyl (C=O) groups is 1. The number of amides is 1. The molecule has 128 valence electrons. The molecule has 3 rings (SSSR count). The maximum Gasteiger partial charge on any atom is 0.435 e. The minimum atomic E-state index is -4.62. The molecule has 1 amide bonds. The molecule has 23 heavy (non-hydrogen) atoms. The van der Waals surface area contributed by atoms with E-state index in [-0.39, 0.29) is 24.8 Å². The van der Waals surface area contributed by atoms with Gasteiger partial charge in [0.25, 0.3) is 5.91 Å². The van der Waals surface area contributed by atoms with Gasteiger partial charge in [-0.15, -0.1) is 0 Å². The molecule has 2 heterocycles. The van der Waals surface area contributed by atoms with Gasteiger partial charge in [-0.05, 0) is 19.3 Å². The summed E-state index contributed by atoms with van der Waals surface area (Å²) in [6, 6.07) is 0.576. The first kappa shape index (κ1) is 16.3. The van der Waals surface area contributed by atoms with Crippen molar-refractivity contribution in [2.24, 2.45) is 0 Å². The topological polar surface area (TPSA) is 72.3 Å². The predicted molar refractivity (Wildman–Crippen MR) is 74.7 cm³/mol. The average Bonchev–Trinajstić information content (AvgIpc) is 2.99. The van der Waals surface area contributed by atoms with Crippen molar-refractivity contribution >= 4 is 15.7 Å². The molecule has 0 bridgehead atoms. The first-order chi connectivity index (χ1) is 10.6. The standard InChI is InChI=1S/C13H16F3N3O3S/c1-23(21,22)9-4-5-18(7-9)12(20)10-6-11(13(14,15)16)17-19(10)8-2-3-8/h6,8-9H,2-5,7H2,1H3. The molecule has 1 aliphatic carbocycles. The zero-order chi connectivity index (χ0) is 17.0. The molecule has 1 aromatic rings. The van der Waals surface area contributed by atoms with E-state index in [0.29, 0.717) is 19.3 Å². The SMILES string of the molecule is CS(=O)(=O)C1CCN(C(=O)c2cc(C(F)(F)F)nn2C2CC2)C1. The number of hydrogen-bond donors (Lipinski definition) is 0. The number of nitrogens with zero attached hydrogens (tertiary/aromatic N) is 3. The maximum atomic E-state index is 12.8. The molecule has 10 heteroatoms. The van der Waals surface area contributed by atoms with Gasteiger partial charge in [0.2, 0.25) is 0 Å². The van der Waals surface area contributed by atoms with Gasteiger partial charge in [-0.25, -0.2) is 8.42 Å². The van der Waals surface area contributed by atoms with Gasteiger partial charge in [0.15, 0.2) is 15.5 Å². The van der Waals surface area contributed by atoms with Crippen molar-refractivity contribution in [1.29, 1.82) is 0 Å². The van der Waals surface area contributed by atoms with Crippen LogP contribution in [0.2, 0.25) is 0 Å². The highest BCUT2D eigenvalue weighted by Gasteiger charge is 2.41. The highest BCUT2D eigenvalue weighted by molar-refractivity contribution is 7.91. The Balaban J connectivity index is 1.87. The summed E-state index contributed by atoms with van der Waals surface area (Å²) in [6.07, 6.45) is -1.85. The summed E-state index contributed by atoms with van der Waals surface area (Å²) < 4.78 is 62.8. The largest absolute Gasteiger partial charge is 0.435 e. The number of hydrogen-bond acceptors (Lipinski definition) is 4. The predicted octanol–water partition coefficient (Wildman–Crippen LogP) is 1.50. The fraction of sp³-hybridized carbons (Fsp3) is 0.692. The van der Waals surface area contributed by atoms with Crippen molar-refractivity contribution in [1.82, 2.24) is 14.7 Å². The van der Waals surface area contributed by atoms with E-state index in [1.165, 1.54) is 4.90 Å². The van der Waals surface area contributed by atoms with Crippen molar-refractivity contribution in [3.63, 3.8) is 0 Å². The first-order valence-electron chi connectivity index (χ1n) is 7.22. The van der Waals surface area contributed by atoms with Crippen LogP contribution in [0.25, 0.3) is 0 Å². The van der Waals surface area contributed by atoms with Crippen LogP contribution in [-0.2, 0) is 16.0 Å². The van der Waals surface area contributed by atoms with Gasteiger partial charge in [-0.1, -0.05) is 0 Å². The number of sulfone groups is 1. The Morgan fingerprint density at radius 2 is 1.96 bits per heavy atom. The Morgan fingerprint density at radius 1 is 1.30 bits per heavy atom. The first-order valence-corrected chi connectivity index (χ1v) is 9.17. The van der Waals surface area contributed by atoms with E-state index in [1.54, 1.807) is 0 Å². The third-order valence-corrected chi connectivity index (χ3v) is 5.77. The lowest BCUT2D eigenvalue weighted by atomic mass is 10.3. The van der Waals surface area contributed by atoms with Crippen LogP contribution in [0.5, 0.6) is 0 Å². The van der Waals surface area contributed by atoms with Crippen molar-refractivity contribution in [3.05, 3.63) is 17.5 Å². The lowest BCUT2D eigenvalue weighted by Crippen LogP contribution is -2.33. The third-order valence-electron chi connectivity index (χ3n) is 4.18. The molecular formula is C13H16F3N3O3S. The number of halogens is 3. The smallest absolute Gasteiger partial charge is 0.336 e. The normalized spacial score (nSPS) is 22.6. The van der Waals surface area contributed by atoms with Crippen molar-refractivity contribution in [2.45, 2.75) is 36.7 Å². The Kier molecular flexibility index (Phi) is 3.69. The second kappa shape index (κ2) is 5.22. The van der Waals surface area contributed by atoms with Crippen LogP contribution < -0.4 is 0 Å². The van der Waals surface area contributed by atoms with Gasteiger partial charge in [-0.2, -0.15) is 18.3 Å². The van der Waals surface area contributed by atoms with E-state index in [9.17, 15) is 26.4 Å². The number of likely N-dealkylation sites (tertiary alicyclic amines) is 1. The molecule has 1 unspecified atom stereocenters. The van der Waals surface area contributed by atoms with Gasteiger partial charge in [0.05, 0.1) is 11.3 Å². The number of alkyl halides is 3. The van der Waals surface area contributed by atoms with E-state index >= 15 is 0 Å². The van der Waals surface area contributed by atoms with Gasteiger partial charge in [0, 0.05) is 25.4 Å². The van der Waals surface area contributed by atoms with Crippen LogP contribution in [0.3, 0.4) is 0 Å². The summed E-state index contributed by atoms with van der Waals surface area (Å²) in [5.74, 6) is -0.592. The Hall–Kier alpha value is -1.58. The molecule has 1 saturated heterocycles. The van der Waals surface area contributed by atoms with E-state index in [4.69, 9.17) is 0 Å². The second-order valence-electron chi connectivity index (χ2n) is 6.08. The summed E-state index contributed by atoms with van der Waals surface area (Å²) >= 11 is 0. The summed E-state index contributed by atoms with van der Waals surface area (Å²) in [6.45, 7) is 0.225. The molecular weight excluding hydrogens is 335 g/mol. The van der Waals surface area contributed by atoms with Crippen molar-refractivity contribution in [2.75, 3.05) is 19.3 Å². The maximum absolute atomic E-state index is 12.8. The van der Waals surface area contributed by atoms with Gasteiger partial charge < -0.3 is 4.90 Å². The molecule has 0 radical (unpaired) electrons. The summed E-state index contributed by atoms with van der Waals surface area (Å²) in [5, 5.41) is 2.87. The molecule has 2 fully saturated rings. The van der Waals surface area contributed by atoms with Crippen molar-refractivity contribution < 1.29 is 26.4 Å². The highest BCUT2D eigenvalue weighted by Crippen LogP contribution is 2.38.